The van der Waals surface area contributed by atoms with Crippen LogP contribution >= 0.6 is 0 Å². The van der Waals surface area contributed by atoms with Gasteiger partial charge in [0, 0.05) is 25.3 Å². The maximum absolute atomic E-state index is 12.7. The first kappa shape index (κ1) is 15.4. The molecule has 0 unspecified atom stereocenters. The zero-order valence-electron chi connectivity index (χ0n) is 13.3. The van der Waals surface area contributed by atoms with Crippen molar-refractivity contribution in [3.8, 4) is 0 Å². The summed E-state index contributed by atoms with van der Waals surface area (Å²) in [6, 6.07) is 11.9. The lowest BCUT2D eigenvalue weighted by atomic mass is 10.0. The smallest absolute Gasteiger partial charge is 0.334 e. The van der Waals surface area contributed by atoms with Gasteiger partial charge in [0.05, 0.1) is 6.04 Å². The number of aryl methyl sites for hydroxylation is 1. The molecular formula is C17H20N4O2. The highest BCUT2D eigenvalue weighted by Crippen LogP contribution is 2.24. The largest absolute Gasteiger partial charge is 0.345 e. The van der Waals surface area contributed by atoms with Gasteiger partial charge < -0.3 is 9.88 Å². The van der Waals surface area contributed by atoms with E-state index in [0.29, 0.717) is 18.8 Å². The lowest BCUT2D eigenvalue weighted by Gasteiger charge is -2.39. The number of piperazine rings is 1. The standard InChI is InChI=1S/C17H20N4O2/c1-12-10-14(19-17(23)18-12)16(22)21-9-8-20(2)15(11-21)13-6-4-3-5-7-13/h3-7,10,15H,8-9,11H2,1-2H3,(H,18,19,23)/t15-/m0/s1. The van der Waals surface area contributed by atoms with Gasteiger partial charge in [-0.25, -0.2) is 4.79 Å². The molecule has 1 aromatic heterocycles. The van der Waals surface area contributed by atoms with Gasteiger partial charge in [-0.1, -0.05) is 30.3 Å². The van der Waals surface area contributed by atoms with E-state index in [1.54, 1.807) is 17.9 Å². The third-order valence-corrected chi connectivity index (χ3v) is 4.22. The number of amides is 1. The van der Waals surface area contributed by atoms with Crippen LogP contribution in [0.4, 0.5) is 0 Å². The Labute approximate surface area is 134 Å². The van der Waals surface area contributed by atoms with Gasteiger partial charge in [0.1, 0.15) is 5.69 Å². The maximum atomic E-state index is 12.7. The summed E-state index contributed by atoms with van der Waals surface area (Å²) >= 11 is 0. The first-order valence-electron chi connectivity index (χ1n) is 7.67. The molecule has 2 aromatic rings. The van der Waals surface area contributed by atoms with Gasteiger partial charge in [0.15, 0.2) is 0 Å². The van der Waals surface area contributed by atoms with Gasteiger partial charge in [-0.2, -0.15) is 4.98 Å². The van der Waals surface area contributed by atoms with Gasteiger partial charge in [-0.3, -0.25) is 9.69 Å². The lowest BCUT2D eigenvalue weighted by molar-refractivity contribution is 0.0540. The fourth-order valence-electron chi connectivity index (χ4n) is 2.94. The van der Waals surface area contributed by atoms with Gasteiger partial charge >= 0.3 is 5.69 Å². The maximum Gasteiger partial charge on any atom is 0.345 e. The highest BCUT2D eigenvalue weighted by molar-refractivity contribution is 5.92. The minimum atomic E-state index is -0.484. The SMILES string of the molecule is Cc1cc(C(=O)N2CCN(C)[C@H](c3ccccc3)C2)nc(=O)[nH]1. The molecule has 1 aliphatic heterocycles. The lowest BCUT2D eigenvalue weighted by Crippen LogP contribution is -2.49. The molecule has 2 heterocycles. The second-order valence-electron chi connectivity index (χ2n) is 5.91. The second kappa shape index (κ2) is 6.34. The third kappa shape index (κ3) is 3.32. The molecule has 23 heavy (non-hydrogen) atoms. The number of carbonyl (C=O) groups excluding carboxylic acids is 1. The molecule has 0 saturated carbocycles. The molecule has 0 spiro atoms. The van der Waals surface area contributed by atoms with Crippen LogP contribution in [0.1, 0.15) is 27.8 Å². The van der Waals surface area contributed by atoms with Gasteiger partial charge in [0.25, 0.3) is 5.91 Å². The molecule has 1 atom stereocenters. The molecule has 6 nitrogen and oxygen atoms in total. The predicted molar refractivity (Wildman–Crippen MR) is 87.3 cm³/mol. The minimum absolute atomic E-state index is 0.150. The van der Waals surface area contributed by atoms with Crippen molar-refractivity contribution in [3.63, 3.8) is 0 Å². The van der Waals surface area contributed by atoms with Crippen LogP contribution in [0.2, 0.25) is 0 Å². The van der Waals surface area contributed by atoms with E-state index in [-0.39, 0.29) is 17.6 Å². The van der Waals surface area contributed by atoms with Crippen molar-refractivity contribution in [3.05, 3.63) is 63.8 Å². The Morgan fingerprint density at radius 2 is 2.00 bits per heavy atom. The number of hydrogen-bond acceptors (Lipinski definition) is 4. The molecule has 1 aliphatic rings. The van der Waals surface area contributed by atoms with Crippen molar-refractivity contribution in [1.82, 2.24) is 19.8 Å². The van der Waals surface area contributed by atoms with E-state index in [1.165, 1.54) is 5.56 Å². The molecule has 120 valence electrons. The number of rotatable bonds is 2. The fraction of sp³-hybridized carbons (Fsp3) is 0.353. The van der Waals surface area contributed by atoms with E-state index in [0.717, 1.165) is 6.54 Å². The summed E-state index contributed by atoms with van der Waals surface area (Å²) < 4.78 is 0. The van der Waals surface area contributed by atoms with E-state index in [9.17, 15) is 9.59 Å². The molecule has 1 aromatic carbocycles. The average Bonchev–Trinajstić information content (AvgIpc) is 2.54. The highest BCUT2D eigenvalue weighted by Gasteiger charge is 2.29. The molecule has 1 saturated heterocycles. The predicted octanol–water partition coefficient (Wildman–Crippen LogP) is 1.21. The Hall–Kier alpha value is -2.47. The van der Waals surface area contributed by atoms with Gasteiger partial charge in [-0.05, 0) is 25.6 Å². The molecule has 3 rings (SSSR count). The Morgan fingerprint density at radius 3 is 2.70 bits per heavy atom. The van der Waals surface area contributed by atoms with Crippen LogP contribution in [0.3, 0.4) is 0 Å². The van der Waals surface area contributed by atoms with E-state index in [4.69, 9.17) is 0 Å². The van der Waals surface area contributed by atoms with Crippen molar-refractivity contribution >= 4 is 5.91 Å². The highest BCUT2D eigenvalue weighted by atomic mass is 16.2. The van der Waals surface area contributed by atoms with Crippen LogP contribution in [0, 0.1) is 6.92 Å². The van der Waals surface area contributed by atoms with E-state index in [2.05, 4.69) is 34.0 Å². The molecule has 6 heteroatoms. The van der Waals surface area contributed by atoms with E-state index in [1.807, 2.05) is 18.2 Å². The Bertz CT molecular complexity index is 757. The van der Waals surface area contributed by atoms with Gasteiger partial charge in [0.2, 0.25) is 0 Å². The number of likely N-dealkylation sites (N-methyl/N-ethyl adjacent to an activating group) is 1. The zero-order valence-corrected chi connectivity index (χ0v) is 13.3. The van der Waals surface area contributed by atoms with Crippen LogP contribution in [0.25, 0.3) is 0 Å². The number of benzene rings is 1. The fourth-order valence-corrected chi connectivity index (χ4v) is 2.94. The Morgan fingerprint density at radius 1 is 1.26 bits per heavy atom. The molecule has 0 radical (unpaired) electrons. The first-order chi connectivity index (χ1) is 11.0. The summed E-state index contributed by atoms with van der Waals surface area (Å²) in [5.41, 5.74) is 1.55. The summed E-state index contributed by atoms with van der Waals surface area (Å²) in [7, 11) is 2.06. The molecule has 1 N–H and O–H groups in total. The monoisotopic (exact) mass is 312 g/mol. The number of carbonyl (C=O) groups is 1. The van der Waals surface area contributed by atoms with E-state index >= 15 is 0 Å². The molecular weight excluding hydrogens is 292 g/mol. The van der Waals surface area contributed by atoms with Crippen LogP contribution in [0.5, 0.6) is 0 Å². The van der Waals surface area contributed by atoms with Crippen molar-refractivity contribution in [2.75, 3.05) is 26.7 Å². The van der Waals surface area contributed by atoms with Crippen LogP contribution in [-0.2, 0) is 0 Å². The molecule has 1 amide bonds. The summed E-state index contributed by atoms with van der Waals surface area (Å²) in [4.78, 5) is 34.6. The van der Waals surface area contributed by atoms with Crippen molar-refractivity contribution in [1.29, 1.82) is 0 Å². The van der Waals surface area contributed by atoms with Crippen molar-refractivity contribution < 1.29 is 4.79 Å². The minimum Gasteiger partial charge on any atom is -0.334 e. The number of hydrogen-bond donors (Lipinski definition) is 1. The number of aromatic nitrogens is 2. The second-order valence-corrected chi connectivity index (χ2v) is 5.91. The quantitative estimate of drug-likeness (QED) is 0.905. The molecule has 1 fully saturated rings. The average molecular weight is 312 g/mol. The first-order valence-corrected chi connectivity index (χ1v) is 7.67. The third-order valence-electron chi connectivity index (χ3n) is 4.22. The number of aromatic amines is 1. The van der Waals surface area contributed by atoms with Crippen LogP contribution in [0.15, 0.2) is 41.2 Å². The van der Waals surface area contributed by atoms with Crippen molar-refractivity contribution in [2.45, 2.75) is 13.0 Å². The number of nitrogens with one attached hydrogen (secondary N) is 1. The Kier molecular flexibility index (Phi) is 4.25. The number of nitrogens with zero attached hydrogens (tertiary/aromatic N) is 3. The van der Waals surface area contributed by atoms with Crippen LogP contribution < -0.4 is 5.69 Å². The zero-order chi connectivity index (χ0) is 16.4. The van der Waals surface area contributed by atoms with Gasteiger partial charge in [-0.15, -0.1) is 0 Å². The van der Waals surface area contributed by atoms with E-state index < -0.39 is 5.69 Å². The molecule has 0 bridgehead atoms. The van der Waals surface area contributed by atoms with Crippen molar-refractivity contribution in [2.24, 2.45) is 0 Å². The summed E-state index contributed by atoms with van der Waals surface area (Å²) in [5, 5.41) is 0. The molecule has 0 aliphatic carbocycles. The summed E-state index contributed by atoms with van der Waals surface area (Å²) in [6.45, 7) is 3.75. The number of H-pyrrole nitrogens is 1. The van der Waals surface area contributed by atoms with Crippen LogP contribution in [-0.4, -0.2) is 52.4 Å². The normalized spacial score (nSPS) is 18.9. The summed E-state index contributed by atoms with van der Waals surface area (Å²) in [5.74, 6) is -0.187. The topological polar surface area (TPSA) is 69.3 Å². The Balaban J connectivity index is 1.83. The summed E-state index contributed by atoms with van der Waals surface area (Å²) in [6.07, 6.45) is 0.